The molecule has 1 aliphatic rings. The van der Waals surface area contributed by atoms with E-state index in [1.807, 2.05) is 19.1 Å². The van der Waals surface area contributed by atoms with Gasteiger partial charge in [0.05, 0.1) is 19.6 Å². The Morgan fingerprint density at radius 1 is 1.18 bits per heavy atom. The Hall–Kier alpha value is -2.30. The van der Waals surface area contributed by atoms with E-state index in [0.29, 0.717) is 36.5 Å². The molecule has 22 heavy (non-hydrogen) atoms. The summed E-state index contributed by atoms with van der Waals surface area (Å²) < 4.78 is 10.7. The van der Waals surface area contributed by atoms with E-state index in [2.05, 4.69) is 0 Å². The molecular weight excluding hydrogens is 284 g/mol. The van der Waals surface area contributed by atoms with Crippen molar-refractivity contribution in [3.05, 3.63) is 35.9 Å². The standard InChI is InChI=1S/C17H20O5/c1-3-22-15-10-11(8-9-14(15)21-2)16(18)12-6-4-5-7-13(12)17(19)20/h4-5,8-10,12-13H,3,6-7H2,1-2H3,(H,19,20)/t12-,13+/m0/s1. The van der Waals surface area contributed by atoms with Crippen LogP contribution in [-0.4, -0.2) is 30.6 Å². The lowest BCUT2D eigenvalue weighted by Gasteiger charge is -2.24. The average Bonchev–Trinajstić information content (AvgIpc) is 2.54. The van der Waals surface area contributed by atoms with E-state index >= 15 is 0 Å². The molecule has 2 atom stereocenters. The zero-order chi connectivity index (χ0) is 16.1. The van der Waals surface area contributed by atoms with Crippen LogP contribution in [0.4, 0.5) is 0 Å². The van der Waals surface area contributed by atoms with E-state index in [9.17, 15) is 14.7 Å². The zero-order valence-electron chi connectivity index (χ0n) is 12.7. The van der Waals surface area contributed by atoms with Gasteiger partial charge >= 0.3 is 5.97 Å². The number of allylic oxidation sites excluding steroid dienone is 2. The van der Waals surface area contributed by atoms with Crippen LogP contribution < -0.4 is 9.47 Å². The number of carbonyl (C=O) groups excluding carboxylic acids is 1. The van der Waals surface area contributed by atoms with Crippen LogP contribution in [0.5, 0.6) is 11.5 Å². The van der Waals surface area contributed by atoms with Crippen molar-refractivity contribution in [1.82, 2.24) is 0 Å². The molecule has 0 heterocycles. The number of rotatable bonds is 6. The first-order valence-corrected chi connectivity index (χ1v) is 7.31. The smallest absolute Gasteiger partial charge is 0.307 e. The molecule has 0 unspecified atom stereocenters. The summed E-state index contributed by atoms with van der Waals surface area (Å²) in [6, 6.07) is 4.95. The first kappa shape index (κ1) is 16.1. The molecule has 2 rings (SSSR count). The van der Waals surface area contributed by atoms with Crippen molar-refractivity contribution in [1.29, 1.82) is 0 Å². The fourth-order valence-corrected chi connectivity index (χ4v) is 2.69. The third kappa shape index (κ3) is 3.30. The van der Waals surface area contributed by atoms with Gasteiger partial charge in [0.25, 0.3) is 0 Å². The van der Waals surface area contributed by atoms with Crippen molar-refractivity contribution in [3.63, 3.8) is 0 Å². The van der Waals surface area contributed by atoms with E-state index in [1.165, 1.54) is 7.11 Å². The normalized spacial score (nSPS) is 20.5. The van der Waals surface area contributed by atoms with E-state index in [4.69, 9.17) is 9.47 Å². The molecule has 1 N–H and O–H groups in total. The Morgan fingerprint density at radius 2 is 1.86 bits per heavy atom. The lowest BCUT2D eigenvalue weighted by atomic mass is 9.78. The number of Topliss-reactive ketones (excluding diaryl/α,β-unsaturated/α-hetero) is 1. The molecule has 1 aliphatic carbocycles. The van der Waals surface area contributed by atoms with Crippen LogP contribution in [0.2, 0.25) is 0 Å². The van der Waals surface area contributed by atoms with Crippen molar-refractivity contribution >= 4 is 11.8 Å². The molecular formula is C17H20O5. The summed E-state index contributed by atoms with van der Waals surface area (Å²) in [4.78, 5) is 24.0. The van der Waals surface area contributed by atoms with Gasteiger partial charge in [0.2, 0.25) is 0 Å². The number of carboxylic acids is 1. The molecule has 0 saturated carbocycles. The minimum atomic E-state index is -0.929. The van der Waals surface area contributed by atoms with Gasteiger partial charge in [0.1, 0.15) is 0 Å². The van der Waals surface area contributed by atoms with Crippen LogP contribution in [-0.2, 0) is 4.79 Å². The van der Waals surface area contributed by atoms with Crippen LogP contribution in [0.15, 0.2) is 30.4 Å². The highest BCUT2D eigenvalue weighted by molar-refractivity contribution is 6.00. The minimum Gasteiger partial charge on any atom is -0.493 e. The second-order valence-electron chi connectivity index (χ2n) is 5.16. The molecule has 0 fully saturated rings. The number of carbonyl (C=O) groups is 2. The van der Waals surface area contributed by atoms with Gasteiger partial charge in [-0.2, -0.15) is 0 Å². The molecule has 0 radical (unpaired) electrons. The predicted molar refractivity (Wildman–Crippen MR) is 81.5 cm³/mol. The largest absolute Gasteiger partial charge is 0.493 e. The topological polar surface area (TPSA) is 72.8 Å². The van der Waals surface area contributed by atoms with Gasteiger partial charge < -0.3 is 14.6 Å². The molecule has 0 bridgehead atoms. The van der Waals surface area contributed by atoms with Crippen LogP contribution in [0, 0.1) is 11.8 Å². The lowest BCUT2D eigenvalue weighted by Crippen LogP contribution is -2.31. The molecule has 1 aromatic carbocycles. The second kappa shape index (κ2) is 7.11. The van der Waals surface area contributed by atoms with Gasteiger partial charge in [0.15, 0.2) is 17.3 Å². The number of hydrogen-bond donors (Lipinski definition) is 1. The fourth-order valence-electron chi connectivity index (χ4n) is 2.69. The fraction of sp³-hybridized carbons (Fsp3) is 0.412. The van der Waals surface area contributed by atoms with E-state index in [1.54, 1.807) is 18.2 Å². The Labute approximate surface area is 129 Å². The summed E-state index contributed by atoms with van der Waals surface area (Å²) in [6.45, 7) is 2.30. The van der Waals surface area contributed by atoms with Gasteiger partial charge in [-0.25, -0.2) is 0 Å². The molecule has 1 aromatic rings. The molecule has 0 saturated heterocycles. The van der Waals surface area contributed by atoms with E-state index in [-0.39, 0.29) is 5.78 Å². The summed E-state index contributed by atoms with van der Waals surface area (Å²) in [7, 11) is 1.53. The van der Waals surface area contributed by atoms with Gasteiger partial charge in [0, 0.05) is 11.5 Å². The van der Waals surface area contributed by atoms with Crippen LogP contribution >= 0.6 is 0 Å². The molecule has 5 heteroatoms. The highest BCUT2D eigenvalue weighted by atomic mass is 16.5. The second-order valence-corrected chi connectivity index (χ2v) is 5.16. The Morgan fingerprint density at radius 3 is 2.45 bits per heavy atom. The van der Waals surface area contributed by atoms with Gasteiger partial charge in [-0.05, 0) is 38.0 Å². The van der Waals surface area contributed by atoms with Gasteiger partial charge in [-0.1, -0.05) is 12.2 Å². The van der Waals surface area contributed by atoms with Crippen molar-refractivity contribution in [2.75, 3.05) is 13.7 Å². The van der Waals surface area contributed by atoms with Crippen molar-refractivity contribution in [3.8, 4) is 11.5 Å². The van der Waals surface area contributed by atoms with Gasteiger partial charge in [-0.15, -0.1) is 0 Å². The monoisotopic (exact) mass is 304 g/mol. The number of ether oxygens (including phenoxy) is 2. The molecule has 0 amide bonds. The highest BCUT2D eigenvalue weighted by Crippen LogP contribution is 2.33. The Bertz CT molecular complexity index is 591. The van der Waals surface area contributed by atoms with E-state index in [0.717, 1.165) is 0 Å². The Balaban J connectivity index is 2.30. The Kier molecular flexibility index (Phi) is 5.20. The summed E-state index contributed by atoms with van der Waals surface area (Å²) in [5, 5.41) is 9.29. The number of methoxy groups -OCH3 is 1. The van der Waals surface area contributed by atoms with Gasteiger partial charge in [-0.3, -0.25) is 9.59 Å². The predicted octanol–water partition coefficient (Wildman–Crippen LogP) is 2.94. The lowest BCUT2D eigenvalue weighted by molar-refractivity contribution is -0.143. The average molecular weight is 304 g/mol. The number of carboxylic acid groups (broad SMARTS) is 1. The summed E-state index contributed by atoms with van der Waals surface area (Å²) in [6.07, 6.45) is 4.53. The van der Waals surface area contributed by atoms with Crippen LogP contribution in [0.3, 0.4) is 0 Å². The quantitative estimate of drug-likeness (QED) is 0.646. The summed E-state index contributed by atoms with van der Waals surface area (Å²) in [5.41, 5.74) is 0.454. The zero-order valence-corrected chi connectivity index (χ0v) is 12.7. The molecule has 0 spiro atoms. The molecule has 0 aromatic heterocycles. The van der Waals surface area contributed by atoms with Crippen LogP contribution in [0.25, 0.3) is 0 Å². The highest BCUT2D eigenvalue weighted by Gasteiger charge is 2.34. The molecule has 5 nitrogen and oxygen atoms in total. The molecule has 118 valence electrons. The third-order valence-electron chi connectivity index (χ3n) is 3.83. The number of aliphatic carboxylic acids is 1. The van der Waals surface area contributed by atoms with Crippen molar-refractivity contribution in [2.45, 2.75) is 19.8 Å². The first-order chi connectivity index (χ1) is 10.6. The maximum atomic E-state index is 12.7. The number of hydrogen-bond acceptors (Lipinski definition) is 4. The summed E-state index contributed by atoms with van der Waals surface area (Å²) >= 11 is 0. The third-order valence-corrected chi connectivity index (χ3v) is 3.83. The maximum Gasteiger partial charge on any atom is 0.307 e. The van der Waals surface area contributed by atoms with E-state index < -0.39 is 17.8 Å². The number of ketones is 1. The minimum absolute atomic E-state index is 0.166. The molecule has 0 aliphatic heterocycles. The number of benzene rings is 1. The van der Waals surface area contributed by atoms with Crippen molar-refractivity contribution < 1.29 is 24.2 Å². The van der Waals surface area contributed by atoms with Crippen LogP contribution in [0.1, 0.15) is 30.1 Å². The summed E-state index contributed by atoms with van der Waals surface area (Å²) in [5.74, 6) is -1.26. The maximum absolute atomic E-state index is 12.7. The van der Waals surface area contributed by atoms with Crippen molar-refractivity contribution in [2.24, 2.45) is 11.8 Å². The SMILES string of the molecule is CCOc1cc(C(=O)[C@H]2CC=CC[C@H]2C(=O)O)ccc1OC. The first-order valence-electron chi connectivity index (χ1n) is 7.31.